The molecule has 0 bridgehead atoms. The van der Waals surface area contributed by atoms with Crippen molar-refractivity contribution in [2.75, 3.05) is 13.2 Å². The molecular formula is C24H37N3O4. The second-order valence-electron chi connectivity index (χ2n) is 9.04. The summed E-state index contributed by atoms with van der Waals surface area (Å²) in [7, 11) is 0. The summed E-state index contributed by atoms with van der Waals surface area (Å²) >= 11 is 0. The number of aliphatic hydroxyl groups excluding tert-OH is 1. The van der Waals surface area contributed by atoms with E-state index in [4.69, 9.17) is 9.47 Å². The van der Waals surface area contributed by atoms with E-state index in [1.807, 2.05) is 24.3 Å². The number of rotatable bonds is 11. The molecule has 0 unspecified atom stereocenters. The van der Waals surface area contributed by atoms with Crippen LogP contribution in [0, 0.1) is 0 Å². The van der Waals surface area contributed by atoms with Crippen LogP contribution in [0.25, 0.3) is 11.3 Å². The van der Waals surface area contributed by atoms with Crippen LogP contribution in [0.5, 0.6) is 5.75 Å². The van der Waals surface area contributed by atoms with Crippen molar-refractivity contribution in [2.45, 2.75) is 77.9 Å². The number of unbranched alkanes of at least 4 members (excludes halogenated alkanes) is 4. The molecule has 1 heterocycles. The van der Waals surface area contributed by atoms with E-state index in [9.17, 15) is 9.90 Å². The normalized spacial score (nSPS) is 13.5. The number of nitrogens with zero attached hydrogens (tertiary/aromatic N) is 1. The molecule has 0 saturated carbocycles. The highest BCUT2D eigenvalue weighted by Gasteiger charge is 2.33. The van der Waals surface area contributed by atoms with Gasteiger partial charge in [0, 0.05) is 11.8 Å². The number of aromatic nitrogens is 2. The van der Waals surface area contributed by atoms with Gasteiger partial charge in [-0.15, -0.1) is 0 Å². The number of imidazole rings is 1. The van der Waals surface area contributed by atoms with Crippen molar-refractivity contribution < 1.29 is 19.4 Å². The number of H-pyrrole nitrogens is 1. The van der Waals surface area contributed by atoms with Crippen LogP contribution < -0.4 is 10.1 Å². The van der Waals surface area contributed by atoms with Crippen LogP contribution >= 0.6 is 0 Å². The summed E-state index contributed by atoms with van der Waals surface area (Å²) in [4.78, 5) is 19.8. The average Bonchev–Trinajstić information content (AvgIpc) is 3.20. The zero-order valence-corrected chi connectivity index (χ0v) is 19.5. The van der Waals surface area contributed by atoms with E-state index < -0.39 is 17.2 Å². The molecule has 7 heteroatoms. The Balaban J connectivity index is 1.98. The van der Waals surface area contributed by atoms with E-state index >= 15 is 0 Å². The third kappa shape index (κ3) is 7.90. The van der Waals surface area contributed by atoms with Crippen molar-refractivity contribution in [1.29, 1.82) is 0 Å². The highest BCUT2D eigenvalue weighted by molar-refractivity contribution is 5.69. The lowest BCUT2D eigenvalue weighted by Crippen LogP contribution is -2.48. The monoisotopic (exact) mass is 431 g/mol. The Kier molecular flexibility index (Phi) is 8.92. The predicted molar refractivity (Wildman–Crippen MR) is 122 cm³/mol. The molecule has 0 saturated heterocycles. The van der Waals surface area contributed by atoms with Gasteiger partial charge in [0.15, 0.2) is 0 Å². The summed E-state index contributed by atoms with van der Waals surface area (Å²) in [6.45, 7) is 9.65. The maximum Gasteiger partial charge on any atom is 0.408 e. The molecule has 172 valence electrons. The van der Waals surface area contributed by atoms with Gasteiger partial charge in [-0.3, -0.25) is 0 Å². The van der Waals surface area contributed by atoms with Gasteiger partial charge in [0.25, 0.3) is 0 Å². The second-order valence-corrected chi connectivity index (χ2v) is 9.04. The first-order valence-electron chi connectivity index (χ1n) is 11.1. The van der Waals surface area contributed by atoms with Crippen LogP contribution in [-0.2, 0) is 10.3 Å². The number of carbonyl (C=O) groups excluding carboxylic acids is 1. The fourth-order valence-electron chi connectivity index (χ4n) is 3.07. The molecule has 0 radical (unpaired) electrons. The lowest BCUT2D eigenvalue weighted by atomic mass is 10.0. The van der Waals surface area contributed by atoms with E-state index in [2.05, 4.69) is 22.2 Å². The number of nitrogens with one attached hydrogen (secondary N) is 2. The Morgan fingerprint density at radius 3 is 2.39 bits per heavy atom. The van der Waals surface area contributed by atoms with Crippen molar-refractivity contribution >= 4 is 6.09 Å². The maximum absolute atomic E-state index is 12.2. The second kappa shape index (κ2) is 11.2. The molecule has 0 fully saturated rings. The summed E-state index contributed by atoms with van der Waals surface area (Å²) < 4.78 is 11.1. The van der Waals surface area contributed by atoms with Crippen molar-refractivity contribution in [1.82, 2.24) is 15.3 Å². The van der Waals surface area contributed by atoms with E-state index in [1.165, 1.54) is 25.7 Å². The van der Waals surface area contributed by atoms with E-state index in [0.29, 0.717) is 11.5 Å². The molecule has 0 aliphatic rings. The van der Waals surface area contributed by atoms with Crippen LogP contribution in [0.4, 0.5) is 4.79 Å². The van der Waals surface area contributed by atoms with E-state index in [0.717, 1.165) is 24.3 Å². The fourth-order valence-corrected chi connectivity index (χ4v) is 3.07. The first-order chi connectivity index (χ1) is 14.7. The average molecular weight is 432 g/mol. The number of carbonyl (C=O) groups is 1. The minimum atomic E-state index is -1.10. The number of hydrogen-bond donors (Lipinski definition) is 3. The van der Waals surface area contributed by atoms with Crippen molar-refractivity contribution in [3.05, 3.63) is 36.3 Å². The highest BCUT2D eigenvalue weighted by atomic mass is 16.6. The Morgan fingerprint density at radius 2 is 1.77 bits per heavy atom. The van der Waals surface area contributed by atoms with Crippen LogP contribution in [0.2, 0.25) is 0 Å². The zero-order valence-electron chi connectivity index (χ0n) is 19.5. The van der Waals surface area contributed by atoms with Crippen molar-refractivity contribution in [3.63, 3.8) is 0 Å². The molecule has 1 atom stereocenters. The van der Waals surface area contributed by atoms with Gasteiger partial charge >= 0.3 is 6.09 Å². The summed E-state index contributed by atoms with van der Waals surface area (Å²) in [5.41, 5.74) is -0.0997. The van der Waals surface area contributed by atoms with Crippen LogP contribution in [0.1, 0.15) is 72.5 Å². The SMILES string of the molecule is CCCCCCCOc1ccc(-c2c[nH]c([C@](C)(CO)NC(=O)OC(C)(C)C)n2)cc1. The number of benzene rings is 1. The van der Waals surface area contributed by atoms with Gasteiger partial charge in [0.1, 0.15) is 22.7 Å². The predicted octanol–water partition coefficient (Wildman–Crippen LogP) is 5.16. The number of hydrogen-bond acceptors (Lipinski definition) is 5. The van der Waals surface area contributed by atoms with Crippen molar-refractivity contribution in [2.24, 2.45) is 0 Å². The first-order valence-corrected chi connectivity index (χ1v) is 11.1. The molecule has 0 aliphatic heterocycles. The van der Waals surface area contributed by atoms with Gasteiger partial charge in [-0.2, -0.15) is 0 Å². The number of aromatic amines is 1. The van der Waals surface area contributed by atoms with Gasteiger partial charge in [-0.05, 0) is 58.4 Å². The molecule has 1 aromatic heterocycles. The molecular weight excluding hydrogens is 394 g/mol. The van der Waals surface area contributed by atoms with Gasteiger partial charge < -0.3 is 24.9 Å². The molecule has 31 heavy (non-hydrogen) atoms. The Bertz CT molecular complexity index is 811. The van der Waals surface area contributed by atoms with Crippen molar-refractivity contribution in [3.8, 4) is 17.0 Å². The van der Waals surface area contributed by atoms with Crippen LogP contribution in [-0.4, -0.2) is 40.0 Å². The summed E-state index contributed by atoms with van der Waals surface area (Å²) in [6, 6.07) is 7.76. The lowest BCUT2D eigenvalue weighted by Gasteiger charge is -2.28. The van der Waals surface area contributed by atoms with Gasteiger partial charge in [0.05, 0.1) is 18.9 Å². The topological polar surface area (TPSA) is 96.5 Å². The number of ether oxygens (including phenoxy) is 2. The van der Waals surface area contributed by atoms with E-state index in [1.54, 1.807) is 33.9 Å². The van der Waals surface area contributed by atoms with Gasteiger partial charge in [-0.25, -0.2) is 9.78 Å². The van der Waals surface area contributed by atoms with E-state index in [-0.39, 0.29) is 6.61 Å². The minimum Gasteiger partial charge on any atom is -0.494 e. The fraction of sp³-hybridized carbons (Fsp3) is 0.583. The smallest absolute Gasteiger partial charge is 0.408 e. The lowest BCUT2D eigenvalue weighted by molar-refractivity contribution is 0.0403. The Labute approximate surface area is 185 Å². The molecule has 0 spiro atoms. The maximum atomic E-state index is 12.2. The Hall–Kier alpha value is -2.54. The molecule has 3 N–H and O–H groups in total. The molecule has 1 amide bonds. The number of amides is 1. The van der Waals surface area contributed by atoms with Gasteiger partial charge in [0.2, 0.25) is 0 Å². The summed E-state index contributed by atoms with van der Waals surface area (Å²) in [6.07, 6.45) is 7.18. The van der Waals surface area contributed by atoms with Crippen LogP contribution in [0.15, 0.2) is 30.5 Å². The highest BCUT2D eigenvalue weighted by Crippen LogP contribution is 2.25. The molecule has 0 aliphatic carbocycles. The van der Waals surface area contributed by atoms with Gasteiger partial charge in [-0.1, -0.05) is 32.6 Å². The third-order valence-electron chi connectivity index (χ3n) is 4.86. The van der Waals surface area contributed by atoms with Crippen LogP contribution in [0.3, 0.4) is 0 Å². The standard InChI is InChI=1S/C24H37N3O4/c1-6-7-8-9-10-15-30-19-13-11-18(12-14-19)20-16-25-21(26-20)24(5,17-28)27-22(29)31-23(2,3)4/h11-14,16,28H,6-10,15,17H2,1-5H3,(H,25,26)(H,27,29)/t24-/m0/s1. The molecule has 2 rings (SSSR count). The first kappa shape index (κ1) is 24.7. The minimum absolute atomic E-state index is 0.329. The number of alkyl carbamates (subject to hydrolysis) is 1. The summed E-state index contributed by atoms with van der Waals surface area (Å²) in [5, 5.41) is 12.6. The largest absolute Gasteiger partial charge is 0.494 e. The summed E-state index contributed by atoms with van der Waals surface area (Å²) in [5.74, 6) is 1.28. The molecule has 1 aromatic carbocycles. The zero-order chi connectivity index (χ0) is 22.9. The molecule has 2 aromatic rings. The number of aliphatic hydroxyl groups is 1. The molecule has 7 nitrogen and oxygen atoms in total. The third-order valence-corrected chi connectivity index (χ3v) is 4.86. The Morgan fingerprint density at radius 1 is 1.10 bits per heavy atom. The quantitative estimate of drug-likeness (QED) is 0.427.